The Bertz CT molecular complexity index is 942. The number of thiophene rings is 1. The van der Waals surface area contributed by atoms with Crippen molar-refractivity contribution in [3.63, 3.8) is 0 Å². The van der Waals surface area contributed by atoms with Gasteiger partial charge in [-0.25, -0.2) is 15.0 Å². The second-order valence-electron chi connectivity index (χ2n) is 6.35. The second-order valence-corrected chi connectivity index (χ2v) is 7.35. The molecule has 1 aliphatic rings. The number of carbonyl (C=O) groups is 1. The summed E-state index contributed by atoms with van der Waals surface area (Å²) in [5.41, 5.74) is 2.96. The molecule has 3 heterocycles. The predicted octanol–water partition coefficient (Wildman–Crippen LogP) is 4.14. The smallest absolute Gasteiger partial charge is 0.267 e. The van der Waals surface area contributed by atoms with E-state index in [9.17, 15) is 4.79 Å². The lowest BCUT2D eigenvalue weighted by molar-refractivity contribution is 0.102. The molecule has 24 heavy (non-hydrogen) atoms. The Morgan fingerprint density at radius 1 is 1.21 bits per heavy atom. The molecular weight excluding hydrogens is 320 g/mol. The zero-order chi connectivity index (χ0) is 16.8. The van der Waals surface area contributed by atoms with Gasteiger partial charge in [-0.05, 0) is 50.8 Å². The molecule has 4 rings (SSSR count). The van der Waals surface area contributed by atoms with Gasteiger partial charge in [0.25, 0.3) is 5.91 Å². The number of rotatable bonds is 3. The third-order valence-electron chi connectivity index (χ3n) is 4.29. The molecule has 1 fully saturated rings. The molecular formula is C18H18N4OS. The maximum Gasteiger partial charge on any atom is 0.267 e. The van der Waals surface area contributed by atoms with Crippen LogP contribution in [0.4, 0.5) is 5.82 Å². The van der Waals surface area contributed by atoms with Crippen molar-refractivity contribution in [2.45, 2.75) is 39.5 Å². The van der Waals surface area contributed by atoms with Crippen LogP contribution in [0, 0.1) is 20.8 Å². The standard InChI is InChI=1S/C18H18N4OS/c1-9-4-7-13(19-8-9)21-17(23)15-10(2)14-11(3)20-16(12-5-6-12)22-18(14)24-15/h4,7-8,12H,5-6H2,1-3H3,(H,19,21,23). The number of aromatic nitrogens is 3. The van der Waals surface area contributed by atoms with Crippen molar-refractivity contribution in [2.75, 3.05) is 5.32 Å². The highest BCUT2D eigenvalue weighted by Gasteiger charge is 2.28. The summed E-state index contributed by atoms with van der Waals surface area (Å²) in [4.78, 5) is 27.8. The molecule has 122 valence electrons. The maximum atomic E-state index is 12.6. The first kappa shape index (κ1) is 15.2. The van der Waals surface area contributed by atoms with E-state index in [1.54, 1.807) is 6.20 Å². The SMILES string of the molecule is Cc1ccc(NC(=O)c2sc3nc(C4CC4)nc(C)c3c2C)nc1. The molecule has 0 unspecified atom stereocenters. The Morgan fingerprint density at radius 3 is 2.67 bits per heavy atom. The number of nitrogens with zero attached hydrogens (tertiary/aromatic N) is 3. The second kappa shape index (κ2) is 5.63. The first-order valence-electron chi connectivity index (χ1n) is 8.04. The molecule has 1 aliphatic carbocycles. The topological polar surface area (TPSA) is 67.8 Å². The van der Waals surface area contributed by atoms with E-state index in [4.69, 9.17) is 4.98 Å². The molecule has 0 aliphatic heterocycles. The van der Waals surface area contributed by atoms with E-state index < -0.39 is 0 Å². The van der Waals surface area contributed by atoms with Gasteiger partial charge in [-0.2, -0.15) is 0 Å². The quantitative estimate of drug-likeness (QED) is 0.779. The van der Waals surface area contributed by atoms with Crippen LogP contribution < -0.4 is 5.32 Å². The van der Waals surface area contributed by atoms with Gasteiger partial charge < -0.3 is 5.32 Å². The number of amides is 1. The molecule has 1 amide bonds. The Kier molecular flexibility index (Phi) is 3.57. The summed E-state index contributed by atoms with van der Waals surface area (Å²) in [7, 11) is 0. The Hall–Kier alpha value is -2.34. The highest BCUT2D eigenvalue weighted by atomic mass is 32.1. The Balaban J connectivity index is 1.70. The first-order chi connectivity index (χ1) is 11.5. The number of anilines is 1. The van der Waals surface area contributed by atoms with Gasteiger partial charge in [0.2, 0.25) is 0 Å². The number of fused-ring (bicyclic) bond motifs is 1. The monoisotopic (exact) mass is 338 g/mol. The average molecular weight is 338 g/mol. The van der Waals surface area contributed by atoms with E-state index in [1.165, 1.54) is 24.2 Å². The molecule has 0 atom stereocenters. The van der Waals surface area contributed by atoms with Crippen LogP contribution in [-0.2, 0) is 0 Å². The largest absolute Gasteiger partial charge is 0.306 e. The van der Waals surface area contributed by atoms with Crippen LogP contribution in [0.1, 0.15) is 51.1 Å². The lowest BCUT2D eigenvalue weighted by Gasteiger charge is -2.04. The molecule has 3 aromatic rings. The van der Waals surface area contributed by atoms with Crippen LogP contribution in [-0.4, -0.2) is 20.9 Å². The number of pyridine rings is 1. The number of hydrogen-bond donors (Lipinski definition) is 1. The predicted molar refractivity (Wildman–Crippen MR) is 95.8 cm³/mol. The van der Waals surface area contributed by atoms with Crippen LogP contribution in [0.3, 0.4) is 0 Å². The number of nitrogens with one attached hydrogen (secondary N) is 1. The Morgan fingerprint density at radius 2 is 2.00 bits per heavy atom. The zero-order valence-electron chi connectivity index (χ0n) is 13.9. The Labute approximate surface area is 144 Å². The highest BCUT2D eigenvalue weighted by molar-refractivity contribution is 7.20. The zero-order valence-corrected chi connectivity index (χ0v) is 14.7. The van der Waals surface area contributed by atoms with E-state index in [1.807, 2.05) is 32.9 Å². The molecule has 0 radical (unpaired) electrons. The van der Waals surface area contributed by atoms with E-state index in [0.717, 1.165) is 32.9 Å². The van der Waals surface area contributed by atoms with Crippen LogP contribution >= 0.6 is 11.3 Å². The molecule has 6 heteroatoms. The molecule has 1 N–H and O–H groups in total. The van der Waals surface area contributed by atoms with Gasteiger partial charge >= 0.3 is 0 Å². The molecule has 0 aromatic carbocycles. The molecule has 1 saturated carbocycles. The van der Waals surface area contributed by atoms with Gasteiger partial charge in [-0.15, -0.1) is 11.3 Å². The summed E-state index contributed by atoms with van der Waals surface area (Å²) >= 11 is 1.44. The van der Waals surface area contributed by atoms with Gasteiger partial charge in [-0.1, -0.05) is 6.07 Å². The van der Waals surface area contributed by atoms with Crippen LogP contribution in [0.25, 0.3) is 10.2 Å². The minimum absolute atomic E-state index is 0.140. The van der Waals surface area contributed by atoms with E-state index >= 15 is 0 Å². The van der Waals surface area contributed by atoms with E-state index in [2.05, 4.69) is 15.3 Å². The first-order valence-corrected chi connectivity index (χ1v) is 8.86. The fraction of sp³-hybridized carbons (Fsp3) is 0.333. The van der Waals surface area contributed by atoms with Crippen molar-refractivity contribution < 1.29 is 4.79 Å². The van der Waals surface area contributed by atoms with Crippen molar-refractivity contribution in [1.29, 1.82) is 0 Å². The van der Waals surface area contributed by atoms with Crippen molar-refractivity contribution in [3.05, 3.63) is 45.9 Å². The fourth-order valence-electron chi connectivity index (χ4n) is 2.82. The van der Waals surface area contributed by atoms with Crippen molar-refractivity contribution in [3.8, 4) is 0 Å². The third kappa shape index (κ3) is 2.67. The van der Waals surface area contributed by atoms with Gasteiger partial charge in [-0.3, -0.25) is 4.79 Å². The van der Waals surface area contributed by atoms with Crippen LogP contribution in [0.2, 0.25) is 0 Å². The van der Waals surface area contributed by atoms with Crippen molar-refractivity contribution >= 4 is 33.3 Å². The summed E-state index contributed by atoms with van der Waals surface area (Å²) < 4.78 is 0. The van der Waals surface area contributed by atoms with Gasteiger partial charge in [0.05, 0.1) is 10.6 Å². The lowest BCUT2D eigenvalue weighted by atomic mass is 10.1. The van der Waals surface area contributed by atoms with Gasteiger partial charge in [0, 0.05) is 17.5 Å². The molecule has 0 spiro atoms. The van der Waals surface area contributed by atoms with Crippen LogP contribution in [0.15, 0.2) is 18.3 Å². The van der Waals surface area contributed by atoms with Crippen LogP contribution in [0.5, 0.6) is 0 Å². The van der Waals surface area contributed by atoms with Gasteiger partial charge in [0.15, 0.2) is 0 Å². The summed E-state index contributed by atoms with van der Waals surface area (Å²) in [6, 6.07) is 3.74. The minimum atomic E-state index is -0.140. The maximum absolute atomic E-state index is 12.6. The highest BCUT2D eigenvalue weighted by Crippen LogP contribution is 2.40. The molecule has 3 aromatic heterocycles. The van der Waals surface area contributed by atoms with E-state index in [0.29, 0.717) is 16.6 Å². The summed E-state index contributed by atoms with van der Waals surface area (Å²) in [5, 5.41) is 3.87. The molecule has 5 nitrogen and oxygen atoms in total. The average Bonchev–Trinajstić information content (AvgIpc) is 3.34. The van der Waals surface area contributed by atoms with Gasteiger partial charge in [0.1, 0.15) is 16.5 Å². The van der Waals surface area contributed by atoms with Crippen molar-refractivity contribution in [1.82, 2.24) is 15.0 Å². The molecule has 0 bridgehead atoms. The summed E-state index contributed by atoms with van der Waals surface area (Å²) in [6.45, 7) is 5.93. The third-order valence-corrected chi connectivity index (χ3v) is 5.47. The minimum Gasteiger partial charge on any atom is -0.306 e. The number of carbonyl (C=O) groups excluding carboxylic acids is 1. The number of aryl methyl sites for hydroxylation is 3. The summed E-state index contributed by atoms with van der Waals surface area (Å²) in [6.07, 6.45) is 4.08. The lowest BCUT2D eigenvalue weighted by Crippen LogP contribution is -2.12. The van der Waals surface area contributed by atoms with E-state index in [-0.39, 0.29) is 5.91 Å². The number of hydrogen-bond acceptors (Lipinski definition) is 5. The van der Waals surface area contributed by atoms with Crippen molar-refractivity contribution in [2.24, 2.45) is 0 Å². The normalized spacial score (nSPS) is 14.1. The molecule has 0 saturated heterocycles. The summed E-state index contributed by atoms with van der Waals surface area (Å²) in [5.74, 6) is 1.85. The fourth-order valence-corrected chi connectivity index (χ4v) is 3.95.